The number of rotatable bonds is 39. The van der Waals surface area contributed by atoms with Crippen LogP contribution in [0.25, 0.3) is 0 Å². The van der Waals surface area contributed by atoms with E-state index in [1.54, 1.807) is 11.9 Å². The van der Waals surface area contributed by atoms with Crippen molar-refractivity contribution in [2.24, 2.45) is 0 Å². The minimum Gasteiger partial charge on any atom is -0.449 e. The number of hydrogen-bond acceptors (Lipinski definition) is 5. The van der Waals surface area contributed by atoms with Crippen LogP contribution in [0.5, 0.6) is 0 Å². The highest BCUT2D eigenvalue weighted by atomic mass is 16.6. The van der Waals surface area contributed by atoms with Crippen LogP contribution >= 0.6 is 0 Å². The Morgan fingerprint density at radius 1 is 0.519 bits per heavy atom. The Hall–Kier alpha value is -1.89. The van der Waals surface area contributed by atoms with Gasteiger partial charge in [0.25, 0.3) is 0 Å². The molecule has 1 atom stereocenters. The zero-order valence-electron chi connectivity index (χ0n) is 35.1. The van der Waals surface area contributed by atoms with Crippen molar-refractivity contribution in [3.05, 3.63) is 48.6 Å². The Morgan fingerprint density at radius 3 is 1.44 bits per heavy atom. The molecule has 52 heavy (non-hydrogen) atoms. The second-order valence-corrected chi connectivity index (χ2v) is 14.9. The van der Waals surface area contributed by atoms with Crippen molar-refractivity contribution in [2.45, 2.75) is 180 Å². The Bertz CT molecular complexity index is 853. The summed E-state index contributed by atoms with van der Waals surface area (Å²) < 4.78 is 17.8. The van der Waals surface area contributed by atoms with E-state index in [9.17, 15) is 4.79 Å². The third-order valence-electron chi connectivity index (χ3n) is 9.26. The quantitative estimate of drug-likeness (QED) is 0.0465. The van der Waals surface area contributed by atoms with E-state index in [0.29, 0.717) is 26.4 Å². The summed E-state index contributed by atoms with van der Waals surface area (Å²) in [5.74, 6) is 0. The van der Waals surface area contributed by atoms with Gasteiger partial charge in [-0.2, -0.15) is 0 Å². The molecule has 0 fully saturated rings. The summed E-state index contributed by atoms with van der Waals surface area (Å²) in [4.78, 5) is 16.3. The fraction of sp³-hybridized carbons (Fsp3) is 0.804. The molecule has 0 aliphatic carbocycles. The number of carbonyl (C=O) groups excluding carboxylic acids is 1. The molecule has 0 aromatic rings. The van der Waals surface area contributed by atoms with Gasteiger partial charge in [-0.05, 0) is 97.6 Å². The molecule has 0 radical (unpaired) electrons. The second kappa shape index (κ2) is 41.9. The van der Waals surface area contributed by atoms with Gasteiger partial charge >= 0.3 is 6.09 Å². The van der Waals surface area contributed by atoms with Crippen LogP contribution in [0.1, 0.15) is 174 Å². The van der Waals surface area contributed by atoms with E-state index < -0.39 is 0 Å². The van der Waals surface area contributed by atoms with Gasteiger partial charge in [0.05, 0.1) is 25.9 Å². The minimum absolute atomic E-state index is 0.137. The average molecular weight is 731 g/mol. The van der Waals surface area contributed by atoms with E-state index >= 15 is 0 Å². The fourth-order valence-corrected chi connectivity index (χ4v) is 5.93. The zero-order valence-corrected chi connectivity index (χ0v) is 35.1. The first-order valence-electron chi connectivity index (χ1n) is 21.8. The number of ether oxygens (including phenoxy) is 3. The van der Waals surface area contributed by atoms with Crippen LogP contribution in [-0.2, 0) is 14.2 Å². The topological polar surface area (TPSA) is 51.2 Å². The van der Waals surface area contributed by atoms with Crippen LogP contribution < -0.4 is 0 Å². The van der Waals surface area contributed by atoms with Crippen molar-refractivity contribution < 1.29 is 19.0 Å². The minimum atomic E-state index is -0.286. The molecule has 0 rings (SSSR count). The maximum absolute atomic E-state index is 12.6. The Labute approximate surface area is 323 Å². The number of amides is 1. The summed E-state index contributed by atoms with van der Waals surface area (Å²) in [6.45, 7) is 8.30. The molecule has 1 amide bonds. The van der Waals surface area contributed by atoms with Crippen LogP contribution in [-0.4, -0.2) is 82.7 Å². The van der Waals surface area contributed by atoms with Crippen molar-refractivity contribution in [3.63, 3.8) is 0 Å². The number of hydrogen-bond donors (Lipinski definition) is 0. The Morgan fingerprint density at radius 2 is 0.962 bits per heavy atom. The predicted molar refractivity (Wildman–Crippen MR) is 226 cm³/mol. The fourth-order valence-electron chi connectivity index (χ4n) is 5.93. The molecule has 304 valence electrons. The third-order valence-corrected chi connectivity index (χ3v) is 9.26. The largest absolute Gasteiger partial charge is 0.449 e. The number of carbonyl (C=O) groups is 1. The first-order chi connectivity index (χ1) is 25.5. The van der Waals surface area contributed by atoms with Crippen molar-refractivity contribution in [1.29, 1.82) is 0 Å². The lowest BCUT2D eigenvalue weighted by Crippen LogP contribution is -2.38. The molecule has 0 aliphatic rings. The van der Waals surface area contributed by atoms with Crippen LogP contribution in [0.15, 0.2) is 48.6 Å². The molecule has 0 aromatic heterocycles. The zero-order chi connectivity index (χ0) is 38.0. The highest BCUT2D eigenvalue weighted by Crippen LogP contribution is 2.11. The molecule has 0 aromatic carbocycles. The SMILES string of the molecule is CCCCC/C=C\C/C=C\CCCCCCCCOCC(CN(C)C(=O)OCCCN(C)C)OCCCCCCCC/C=C\C/C=C\CCCCC. The predicted octanol–water partition coefficient (Wildman–Crippen LogP) is 13.0. The molecule has 0 aliphatic heterocycles. The van der Waals surface area contributed by atoms with Crippen molar-refractivity contribution >= 4 is 6.09 Å². The molecule has 0 saturated heterocycles. The van der Waals surface area contributed by atoms with E-state index in [4.69, 9.17) is 14.2 Å². The lowest BCUT2D eigenvalue weighted by atomic mass is 10.1. The van der Waals surface area contributed by atoms with Gasteiger partial charge < -0.3 is 24.0 Å². The highest BCUT2D eigenvalue weighted by Gasteiger charge is 2.18. The summed E-state index contributed by atoms with van der Waals surface area (Å²) in [7, 11) is 5.86. The Balaban J connectivity index is 4.16. The van der Waals surface area contributed by atoms with Gasteiger partial charge in [0.15, 0.2) is 0 Å². The maximum atomic E-state index is 12.6. The average Bonchev–Trinajstić information content (AvgIpc) is 3.13. The molecule has 0 N–H and O–H groups in total. The lowest BCUT2D eigenvalue weighted by molar-refractivity contribution is -0.0309. The molecule has 6 heteroatoms. The maximum Gasteiger partial charge on any atom is 0.409 e. The normalized spacial score (nSPS) is 12.8. The van der Waals surface area contributed by atoms with Gasteiger partial charge in [-0.25, -0.2) is 4.79 Å². The summed E-state index contributed by atoms with van der Waals surface area (Å²) in [6, 6.07) is 0. The third kappa shape index (κ3) is 39.3. The van der Waals surface area contributed by atoms with Crippen molar-refractivity contribution in [1.82, 2.24) is 9.80 Å². The van der Waals surface area contributed by atoms with E-state index in [1.165, 1.54) is 128 Å². The summed E-state index contributed by atoms with van der Waals surface area (Å²) in [6.07, 6.45) is 48.7. The first kappa shape index (κ1) is 50.1. The number of allylic oxidation sites excluding steroid dienone is 8. The molecule has 6 nitrogen and oxygen atoms in total. The van der Waals surface area contributed by atoms with E-state index in [1.807, 2.05) is 14.1 Å². The molecule has 0 spiro atoms. The van der Waals surface area contributed by atoms with E-state index in [-0.39, 0.29) is 12.2 Å². The van der Waals surface area contributed by atoms with Crippen molar-refractivity contribution in [3.8, 4) is 0 Å². The summed E-state index contributed by atoms with van der Waals surface area (Å²) in [5.41, 5.74) is 0. The molecule has 0 saturated carbocycles. The van der Waals surface area contributed by atoms with Gasteiger partial charge in [0.2, 0.25) is 0 Å². The molecular weight excluding hydrogens is 645 g/mol. The van der Waals surface area contributed by atoms with Gasteiger partial charge in [-0.1, -0.05) is 140 Å². The van der Waals surface area contributed by atoms with Gasteiger partial charge in [-0.15, -0.1) is 0 Å². The summed E-state index contributed by atoms with van der Waals surface area (Å²) in [5, 5.41) is 0. The lowest BCUT2D eigenvalue weighted by Gasteiger charge is -2.24. The number of likely N-dealkylation sites (N-methyl/N-ethyl adjacent to an activating group) is 1. The van der Waals surface area contributed by atoms with E-state index in [2.05, 4.69) is 67.4 Å². The summed E-state index contributed by atoms with van der Waals surface area (Å²) >= 11 is 0. The standard InChI is InChI=1S/C46H86N2O4/c1-6-8-10-12-14-16-18-20-22-24-26-28-30-32-34-36-40-50-44-45(43-48(5)46(49)52-42-38-39-47(3)4)51-41-37-35-33-31-29-27-25-23-21-19-17-15-13-11-9-7-2/h14-17,20-23,45H,6-13,18-19,24-44H2,1-5H3/b16-14-,17-15-,22-20-,23-21-. The highest BCUT2D eigenvalue weighted by molar-refractivity contribution is 5.67. The molecule has 0 heterocycles. The number of unbranched alkanes of at least 4 members (excludes halogenated alkanes) is 18. The molecular formula is C46H86N2O4. The van der Waals surface area contributed by atoms with Crippen molar-refractivity contribution in [2.75, 3.05) is 60.7 Å². The monoisotopic (exact) mass is 731 g/mol. The van der Waals surface area contributed by atoms with Gasteiger partial charge in [-0.3, -0.25) is 0 Å². The van der Waals surface area contributed by atoms with Crippen LogP contribution in [0.4, 0.5) is 4.79 Å². The van der Waals surface area contributed by atoms with Crippen LogP contribution in [0.2, 0.25) is 0 Å². The van der Waals surface area contributed by atoms with Gasteiger partial charge in [0.1, 0.15) is 0 Å². The van der Waals surface area contributed by atoms with Gasteiger partial charge in [0, 0.05) is 26.8 Å². The Kier molecular flexibility index (Phi) is 40.3. The number of nitrogens with zero attached hydrogens (tertiary/aromatic N) is 2. The first-order valence-corrected chi connectivity index (χ1v) is 21.8. The second-order valence-electron chi connectivity index (χ2n) is 14.9. The van der Waals surface area contributed by atoms with Crippen LogP contribution in [0, 0.1) is 0 Å². The smallest absolute Gasteiger partial charge is 0.409 e. The van der Waals surface area contributed by atoms with Crippen LogP contribution in [0.3, 0.4) is 0 Å². The molecule has 0 bridgehead atoms. The molecule has 1 unspecified atom stereocenters. The van der Waals surface area contributed by atoms with E-state index in [0.717, 1.165) is 45.3 Å².